The number of amides is 1. The summed E-state index contributed by atoms with van der Waals surface area (Å²) in [6, 6.07) is 9.68. The average molecular weight is 440 g/mol. The number of hydrogen-bond donors (Lipinski definition) is 1. The highest BCUT2D eigenvalue weighted by atomic mass is 16.6. The monoisotopic (exact) mass is 439 g/mol. The molecule has 1 aliphatic heterocycles. The maximum Gasteiger partial charge on any atom is 0.410 e. The van der Waals surface area contributed by atoms with E-state index in [2.05, 4.69) is 15.4 Å². The first-order chi connectivity index (χ1) is 15.3. The van der Waals surface area contributed by atoms with Gasteiger partial charge in [0.1, 0.15) is 11.3 Å². The molecule has 8 heteroatoms. The first-order valence-electron chi connectivity index (χ1n) is 11.0. The minimum Gasteiger partial charge on any atom is -0.444 e. The first kappa shape index (κ1) is 21.8. The standard InChI is InChI=1S/C24H29N5O3.2H2/c1-24(2,3)32-23(31)28-12-5-4-9-21(30)20-10-13-29-22(27-20)19(16-26-29)17-7-6-8-18(15-17)25-11-14-28;;/h6-8,10,13,15-16,25H,4-5,9,11-12,14H2,1-3H3;2*1H. The highest BCUT2D eigenvalue weighted by molar-refractivity contribution is 5.95. The Hall–Kier alpha value is -3.42. The first-order valence-corrected chi connectivity index (χ1v) is 11.0. The van der Waals surface area contributed by atoms with E-state index in [1.54, 1.807) is 27.9 Å². The molecule has 1 aromatic carbocycles. The summed E-state index contributed by atoms with van der Waals surface area (Å²) in [4.78, 5) is 31.7. The molecule has 1 N–H and O–H groups in total. The number of benzene rings is 1. The van der Waals surface area contributed by atoms with E-state index in [4.69, 9.17) is 4.74 Å². The number of carbonyl (C=O) groups is 2. The van der Waals surface area contributed by atoms with E-state index in [9.17, 15) is 9.59 Å². The molecule has 32 heavy (non-hydrogen) atoms. The van der Waals surface area contributed by atoms with Crippen LogP contribution in [0.2, 0.25) is 0 Å². The molecule has 172 valence electrons. The minimum absolute atomic E-state index is 0. The molecule has 0 saturated carbocycles. The number of anilines is 1. The number of Topliss-reactive ketones (excluding diaryl/α,β-unsaturated/α-hetero) is 1. The minimum atomic E-state index is -0.558. The number of nitrogens with zero attached hydrogens (tertiary/aromatic N) is 4. The van der Waals surface area contributed by atoms with Gasteiger partial charge in [0, 0.05) is 46.4 Å². The van der Waals surface area contributed by atoms with Crippen molar-refractivity contribution in [3.05, 3.63) is 48.4 Å². The number of nitrogens with one attached hydrogen (secondary N) is 1. The second-order valence-corrected chi connectivity index (χ2v) is 8.99. The number of aromatic nitrogens is 3. The summed E-state index contributed by atoms with van der Waals surface area (Å²) in [5.74, 6) is -0.00835. The molecule has 0 saturated heterocycles. The predicted octanol–water partition coefficient (Wildman–Crippen LogP) is 4.90. The van der Waals surface area contributed by atoms with Crippen LogP contribution in [0.25, 0.3) is 16.8 Å². The van der Waals surface area contributed by atoms with Crippen molar-refractivity contribution in [2.75, 3.05) is 25.0 Å². The molecule has 3 aromatic rings. The molecule has 1 amide bonds. The van der Waals surface area contributed by atoms with Crippen LogP contribution in [0.3, 0.4) is 0 Å². The summed E-state index contributed by atoms with van der Waals surface area (Å²) in [5, 5.41) is 7.78. The Labute approximate surface area is 190 Å². The van der Waals surface area contributed by atoms with Crippen LogP contribution in [-0.2, 0) is 4.74 Å². The van der Waals surface area contributed by atoms with Crippen LogP contribution in [0.5, 0.6) is 0 Å². The van der Waals surface area contributed by atoms with E-state index in [0.717, 1.165) is 16.8 Å². The molecule has 2 aromatic heterocycles. The Bertz CT molecular complexity index is 1140. The van der Waals surface area contributed by atoms with Gasteiger partial charge in [0.15, 0.2) is 11.4 Å². The maximum absolute atomic E-state index is 12.8. The van der Waals surface area contributed by atoms with Crippen molar-refractivity contribution in [1.29, 1.82) is 0 Å². The quantitative estimate of drug-likeness (QED) is 0.536. The van der Waals surface area contributed by atoms with Gasteiger partial charge in [-0.1, -0.05) is 12.1 Å². The molecule has 0 radical (unpaired) electrons. The van der Waals surface area contributed by atoms with E-state index in [1.165, 1.54) is 0 Å². The van der Waals surface area contributed by atoms with Gasteiger partial charge in [-0.2, -0.15) is 5.10 Å². The summed E-state index contributed by atoms with van der Waals surface area (Å²) >= 11 is 0. The number of ketones is 1. The molecular formula is C24H33N5O3. The number of carbonyl (C=O) groups excluding carboxylic acids is 2. The molecule has 0 aliphatic carbocycles. The Morgan fingerprint density at radius 3 is 2.84 bits per heavy atom. The second-order valence-electron chi connectivity index (χ2n) is 8.99. The van der Waals surface area contributed by atoms with E-state index in [0.29, 0.717) is 50.2 Å². The normalized spacial score (nSPS) is 15.6. The van der Waals surface area contributed by atoms with E-state index < -0.39 is 5.60 Å². The van der Waals surface area contributed by atoms with Crippen molar-refractivity contribution < 1.29 is 17.2 Å². The third-order valence-corrected chi connectivity index (χ3v) is 5.27. The largest absolute Gasteiger partial charge is 0.444 e. The number of rotatable bonds is 0. The number of hydrogen-bond acceptors (Lipinski definition) is 6. The summed E-state index contributed by atoms with van der Waals surface area (Å²) < 4.78 is 7.26. The second kappa shape index (κ2) is 8.98. The molecule has 0 spiro atoms. The average Bonchev–Trinajstić information content (AvgIpc) is 3.17. The molecule has 4 bridgehead atoms. The van der Waals surface area contributed by atoms with Gasteiger partial charge in [0.2, 0.25) is 0 Å². The number of ether oxygens (including phenoxy) is 1. The lowest BCUT2D eigenvalue weighted by molar-refractivity contribution is 0.0254. The van der Waals surface area contributed by atoms with Crippen molar-refractivity contribution >= 4 is 23.2 Å². The van der Waals surface area contributed by atoms with Crippen molar-refractivity contribution in [1.82, 2.24) is 19.5 Å². The van der Waals surface area contributed by atoms with Crippen molar-refractivity contribution in [3.63, 3.8) is 0 Å². The zero-order valence-electron chi connectivity index (χ0n) is 18.8. The van der Waals surface area contributed by atoms with Gasteiger partial charge in [-0.25, -0.2) is 14.3 Å². The van der Waals surface area contributed by atoms with E-state index in [1.807, 2.05) is 45.0 Å². The molecule has 1 aliphatic rings. The Morgan fingerprint density at radius 1 is 1.19 bits per heavy atom. The van der Waals surface area contributed by atoms with Crippen LogP contribution in [-0.4, -0.2) is 56.6 Å². The van der Waals surface area contributed by atoms with Crippen LogP contribution < -0.4 is 5.32 Å². The maximum atomic E-state index is 12.8. The van der Waals surface area contributed by atoms with Crippen LogP contribution in [0.4, 0.5) is 10.5 Å². The molecule has 0 fully saturated rings. The van der Waals surface area contributed by atoms with Crippen molar-refractivity contribution in [3.8, 4) is 11.1 Å². The molecule has 0 unspecified atom stereocenters. The summed E-state index contributed by atoms with van der Waals surface area (Å²) in [6.07, 6.45) is 4.96. The van der Waals surface area contributed by atoms with Crippen LogP contribution in [0.15, 0.2) is 42.7 Å². The molecule has 3 heterocycles. The van der Waals surface area contributed by atoms with Crippen molar-refractivity contribution in [2.24, 2.45) is 0 Å². The van der Waals surface area contributed by atoms with Crippen LogP contribution in [0.1, 0.15) is 53.4 Å². The van der Waals surface area contributed by atoms with Gasteiger partial charge in [0.05, 0.1) is 6.20 Å². The highest BCUT2D eigenvalue weighted by Crippen LogP contribution is 2.26. The summed E-state index contributed by atoms with van der Waals surface area (Å²) in [7, 11) is 0. The van der Waals surface area contributed by atoms with Gasteiger partial charge in [-0.15, -0.1) is 0 Å². The Kier molecular flexibility index (Phi) is 6.12. The van der Waals surface area contributed by atoms with Crippen molar-refractivity contribution in [2.45, 2.75) is 45.6 Å². The van der Waals surface area contributed by atoms with Gasteiger partial charge in [-0.3, -0.25) is 4.79 Å². The van der Waals surface area contributed by atoms with Gasteiger partial charge < -0.3 is 15.0 Å². The zero-order valence-corrected chi connectivity index (χ0v) is 18.8. The smallest absolute Gasteiger partial charge is 0.410 e. The topological polar surface area (TPSA) is 88.8 Å². The lowest BCUT2D eigenvalue weighted by Gasteiger charge is -2.27. The predicted molar refractivity (Wildman–Crippen MR) is 127 cm³/mol. The van der Waals surface area contributed by atoms with Gasteiger partial charge in [0.25, 0.3) is 0 Å². The Balaban J connectivity index is 0.00000204. The number of fused-ring (bicyclic) bond motifs is 4. The Morgan fingerprint density at radius 2 is 2.03 bits per heavy atom. The third-order valence-electron chi connectivity index (χ3n) is 5.27. The zero-order chi connectivity index (χ0) is 22.7. The van der Waals surface area contributed by atoms with Crippen LogP contribution >= 0.6 is 0 Å². The fourth-order valence-electron chi connectivity index (χ4n) is 3.70. The molecule has 0 atom stereocenters. The lowest BCUT2D eigenvalue weighted by atomic mass is 10.1. The van der Waals surface area contributed by atoms with E-state index >= 15 is 0 Å². The molecule has 8 nitrogen and oxygen atoms in total. The lowest BCUT2D eigenvalue weighted by Crippen LogP contribution is -2.40. The highest BCUT2D eigenvalue weighted by Gasteiger charge is 2.22. The fraction of sp³-hybridized carbons (Fsp3) is 0.417. The van der Waals surface area contributed by atoms with Gasteiger partial charge >= 0.3 is 6.09 Å². The summed E-state index contributed by atoms with van der Waals surface area (Å²) in [5.41, 5.74) is 3.30. The van der Waals surface area contributed by atoms with Crippen LogP contribution in [0, 0.1) is 0 Å². The third kappa shape index (κ3) is 5.07. The fourth-order valence-corrected chi connectivity index (χ4v) is 3.70. The molecule has 4 rings (SSSR count). The van der Waals surface area contributed by atoms with Gasteiger partial charge in [-0.05, 0) is 57.4 Å². The molecular weight excluding hydrogens is 406 g/mol. The summed E-state index contributed by atoms with van der Waals surface area (Å²) in [6.45, 7) is 7.20. The SMILES string of the molecule is CC(C)(C)OC(=O)N1CCCCC(=O)c2ccn3ncc(c3n2)-c2cccc(c2)NCC1.[HH].[HH]. The van der Waals surface area contributed by atoms with E-state index in [-0.39, 0.29) is 14.7 Å².